The zero-order valence-electron chi connectivity index (χ0n) is 4.94. The molecule has 50 valence electrons. The first kappa shape index (κ1) is 7.20. The Balaban J connectivity index is 2.88. The SMILES string of the molecule is [B]Cc1nsc(C(=O)O)n1. The lowest BCUT2D eigenvalue weighted by Crippen LogP contribution is -1.95. The van der Waals surface area contributed by atoms with E-state index in [1.54, 1.807) is 0 Å². The van der Waals surface area contributed by atoms with Crippen LogP contribution >= 0.6 is 11.5 Å². The zero-order chi connectivity index (χ0) is 7.56. The lowest BCUT2D eigenvalue weighted by molar-refractivity contribution is 0.0696. The summed E-state index contributed by atoms with van der Waals surface area (Å²) in [7, 11) is 5.15. The van der Waals surface area contributed by atoms with Gasteiger partial charge in [-0.25, -0.2) is 9.78 Å². The summed E-state index contributed by atoms with van der Waals surface area (Å²) >= 11 is 0.842. The average molecular weight is 154 g/mol. The van der Waals surface area contributed by atoms with Gasteiger partial charge in [0.1, 0.15) is 5.82 Å². The number of carboxylic acids is 1. The molecule has 1 heterocycles. The summed E-state index contributed by atoms with van der Waals surface area (Å²) in [4.78, 5) is 13.8. The van der Waals surface area contributed by atoms with Crippen molar-refractivity contribution in [3.63, 3.8) is 0 Å². The van der Waals surface area contributed by atoms with E-state index >= 15 is 0 Å². The Bertz CT molecular complexity index is 249. The molecule has 4 nitrogen and oxygen atoms in total. The smallest absolute Gasteiger partial charge is 0.366 e. The van der Waals surface area contributed by atoms with Crippen LogP contribution in [0.4, 0.5) is 0 Å². The van der Waals surface area contributed by atoms with E-state index in [4.69, 9.17) is 13.0 Å². The Morgan fingerprint density at radius 1 is 1.80 bits per heavy atom. The summed E-state index contributed by atoms with van der Waals surface area (Å²) in [5.41, 5.74) is 0. The zero-order valence-corrected chi connectivity index (χ0v) is 5.76. The molecule has 1 N–H and O–H groups in total. The molecule has 0 aliphatic heterocycles. The minimum Gasteiger partial charge on any atom is -0.476 e. The molecule has 10 heavy (non-hydrogen) atoms. The fourth-order valence-corrected chi connectivity index (χ4v) is 0.955. The van der Waals surface area contributed by atoms with Gasteiger partial charge in [0.25, 0.3) is 0 Å². The van der Waals surface area contributed by atoms with Gasteiger partial charge in [0.15, 0.2) is 0 Å². The highest BCUT2D eigenvalue weighted by Gasteiger charge is 2.08. The van der Waals surface area contributed by atoms with Gasteiger partial charge in [0.2, 0.25) is 5.01 Å². The second-order valence-corrected chi connectivity index (χ2v) is 2.28. The Morgan fingerprint density at radius 2 is 2.50 bits per heavy atom. The van der Waals surface area contributed by atoms with Gasteiger partial charge in [-0.05, 0) is 17.9 Å². The number of rotatable bonds is 2. The van der Waals surface area contributed by atoms with Gasteiger partial charge in [-0.1, -0.05) is 0 Å². The molecule has 0 unspecified atom stereocenters. The molecule has 1 rings (SSSR count). The maximum atomic E-state index is 10.2. The minimum absolute atomic E-state index is 0.0135. The number of hydrogen-bond acceptors (Lipinski definition) is 4. The molecule has 0 saturated heterocycles. The van der Waals surface area contributed by atoms with Gasteiger partial charge >= 0.3 is 5.97 Å². The highest BCUT2D eigenvalue weighted by atomic mass is 32.1. The molecule has 1 aromatic heterocycles. The second-order valence-electron chi connectivity index (χ2n) is 1.53. The molecule has 2 radical (unpaired) electrons. The summed E-state index contributed by atoms with van der Waals surface area (Å²) in [6, 6.07) is 0. The third-order valence-corrected chi connectivity index (χ3v) is 1.57. The Morgan fingerprint density at radius 3 is 2.80 bits per heavy atom. The van der Waals surface area contributed by atoms with Crippen LogP contribution in [0.3, 0.4) is 0 Å². The van der Waals surface area contributed by atoms with Crippen LogP contribution in [-0.4, -0.2) is 28.3 Å². The first-order valence-electron chi connectivity index (χ1n) is 2.50. The molecule has 0 aromatic carbocycles. The van der Waals surface area contributed by atoms with Gasteiger partial charge in [-0.2, -0.15) is 4.37 Å². The van der Waals surface area contributed by atoms with Gasteiger partial charge in [0, 0.05) is 0 Å². The van der Waals surface area contributed by atoms with Gasteiger partial charge in [0.05, 0.1) is 7.85 Å². The molecule has 0 spiro atoms. The quantitative estimate of drug-likeness (QED) is 0.604. The number of aromatic nitrogens is 2. The van der Waals surface area contributed by atoms with E-state index in [0.717, 1.165) is 11.5 Å². The van der Waals surface area contributed by atoms with Crippen LogP contribution in [0.5, 0.6) is 0 Å². The molecule has 0 aliphatic rings. The van der Waals surface area contributed by atoms with Crippen LogP contribution < -0.4 is 0 Å². The Labute approximate surface area is 62.5 Å². The molecular formula is C4H3BN2O2S. The van der Waals surface area contributed by atoms with Crippen LogP contribution in [0.1, 0.15) is 15.6 Å². The first-order chi connectivity index (χ1) is 4.74. The van der Waals surface area contributed by atoms with Gasteiger partial charge < -0.3 is 5.11 Å². The first-order valence-corrected chi connectivity index (χ1v) is 3.27. The van der Waals surface area contributed by atoms with Crippen LogP contribution in [0.15, 0.2) is 0 Å². The normalized spacial score (nSPS) is 9.60. The van der Waals surface area contributed by atoms with E-state index < -0.39 is 5.97 Å². The predicted octanol–water partition coefficient (Wildman–Crippen LogP) is -0.0952. The monoisotopic (exact) mass is 154 g/mol. The van der Waals surface area contributed by atoms with Crippen molar-refractivity contribution in [3.8, 4) is 0 Å². The lowest BCUT2D eigenvalue weighted by atomic mass is 10.1. The van der Waals surface area contributed by atoms with E-state index in [9.17, 15) is 4.79 Å². The summed E-state index contributed by atoms with van der Waals surface area (Å²) in [6.07, 6.45) is 0.184. The predicted molar refractivity (Wildman–Crippen MR) is 36.3 cm³/mol. The number of aromatic carboxylic acids is 1. The standard InChI is InChI=1S/C4H3BN2O2S/c5-1-2-6-3(4(8)9)10-7-2/h1H2,(H,8,9). The topological polar surface area (TPSA) is 63.1 Å². The van der Waals surface area contributed by atoms with Gasteiger partial charge in [-0.3, -0.25) is 0 Å². The van der Waals surface area contributed by atoms with Crippen molar-refractivity contribution in [1.82, 2.24) is 9.36 Å². The Hall–Kier alpha value is -0.905. The molecule has 0 fully saturated rings. The van der Waals surface area contributed by atoms with Crippen molar-refractivity contribution in [3.05, 3.63) is 10.8 Å². The average Bonchev–Trinajstić information content (AvgIpc) is 2.34. The molecule has 0 bridgehead atoms. The largest absolute Gasteiger partial charge is 0.476 e. The number of hydrogen-bond donors (Lipinski definition) is 1. The summed E-state index contributed by atoms with van der Waals surface area (Å²) in [5.74, 6) is -0.681. The third kappa shape index (κ3) is 1.33. The fourth-order valence-electron chi connectivity index (χ4n) is 0.424. The summed E-state index contributed by atoms with van der Waals surface area (Å²) in [5, 5.41) is 8.35. The maximum Gasteiger partial charge on any atom is 0.366 e. The van der Waals surface area contributed by atoms with Crippen LogP contribution in [0.2, 0.25) is 0 Å². The van der Waals surface area contributed by atoms with Crippen molar-refractivity contribution in [1.29, 1.82) is 0 Å². The van der Waals surface area contributed by atoms with Crippen molar-refractivity contribution < 1.29 is 9.90 Å². The van der Waals surface area contributed by atoms with Crippen LogP contribution in [-0.2, 0) is 6.32 Å². The van der Waals surface area contributed by atoms with Crippen LogP contribution in [0, 0.1) is 0 Å². The fraction of sp³-hybridized carbons (Fsp3) is 0.250. The highest BCUT2D eigenvalue weighted by molar-refractivity contribution is 7.07. The number of nitrogens with zero attached hydrogens (tertiary/aromatic N) is 2. The summed E-state index contributed by atoms with van der Waals surface area (Å²) < 4.78 is 3.68. The van der Waals surface area contributed by atoms with Crippen molar-refractivity contribution in [2.75, 3.05) is 0 Å². The van der Waals surface area contributed by atoms with Crippen LogP contribution in [0.25, 0.3) is 0 Å². The minimum atomic E-state index is -1.06. The Kier molecular flexibility index (Phi) is 2.01. The van der Waals surface area contributed by atoms with E-state index in [0.29, 0.717) is 5.82 Å². The second kappa shape index (κ2) is 2.79. The molecule has 0 amide bonds. The maximum absolute atomic E-state index is 10.2. The molecule has 6 heteroatoms. The van der Waals surface area contributed by atoms with E-state index in [2.05, 4.69) is 9.36 Å². The molecule has 0 saturated carbocycles. The van der Waals surface area contributed by atoms with Crippen molar-refractivity contribution in [2.45, 2.75) is 6.32 Å². The molecule has 0 atom stereocenters. The summed E-state index contributed by atoms with van der Waals surface area (Å²) in [6.45, 7) is 0. The lowest BCUT2D eigenvalue weighted by Gasteiger charge is -1.80. The van der Waals surface area contributed by atoms with E-state index in [-0.39, 0.29) is 11.3 Å². The van der Waals surface area contributed by atoms with Gasteiger partial charge in [-0.15, -0.1) is 0 Å². The van der Waals surface area contributed by atoms with E-state index in [1.807, 2.05) is 0 Å². The third-order valence-electron chi connectivity index (χ3n) is 0.834. The van der Waals surface area contributed by atoms with Crippen molar-refractivity contribution in [2.24, 2.45) is 0 Å². The number of carbonyl (C=O) groups is 1. The molecule has 1 aromatic rings. The molecule has 0 aliphatic carbocycles. The highest BCUT2D eigenvalue weighted by Crippen LogP contribution is 2.03. The van der Waals surface area contributed by atoms with E-state index in [1.165, 1.54) is 0 Å². The molecular weight excluding hydrogens is 151 g/mol. The van der Waals surface area contributed by atoms with Crippen molar-refractivity contribution >= 4 is 25.3 Å². The number of carboxylic acid groups (broad SMARTS) is 1.